The summed E-state index contributed by atoms with van der Waals surface area (Å²) in [6.45, 7) is 4.31. The van der Waals surface area contributed by atoms with Crippen molar-refractivity contribution in [3.05, 3.63) is 12.2 Å². The molecular weight excluding hydrogens is 835 g/mol. The largest absolute Gasteiger partial charge is 0.466 e. The Morgan fingerprint density at radius 3 is 1.41 bits per heavy atom. The van der Waals surface area contributed by atoms with Gasteiger partial charge in [-0.1, -0.05) is 231 Å². The first kappa shape index (κ1) is 62.4. The molecule has 7 unspecified atom stereocenters. The predicted octanol–water partition coefficient (Wildman–Crippen LogP) is 12.0. The fourth-order valence-electron chi connectivity index (χ4n) is 8.91. The molecule has 1 amide bonds. The Morgan fingerprint density at radius 1 is 0.545 bits per heavy atom. The van der Waals surface area contributed by atoms with Crippen LogP contribution in [0.4, 0.5) is 0 Å². The van der Waals surface area contributed by atoms with E-state index in [1.54, 1.807) is 6.08 Å². The lowest BCUT2D eigenvalue weighted by atomic mass is 9.99. The summed E-state index contributed by atoms with van der Waals surface area (Å²) in [5, 5.41) is 54.2. The summed E-state index contributed by atoms with van der Waals surface area (Å²) in [5.41, 5.74) is 0. The van der Waals surface area contributed by atoms with Gasteiger partial charge in [0.05, 0.1) is 32.0 Å². The molecule has 1 aliphatic heterocycles. The fraction of sp³-hybridized carbons (Fsp3) is 0.927. The van der Waals surface area contributed by atoms with Crippen LogP contribution in [0.2, 0.25) is 0 Å². The topological polar surface area (TPSA) is 175 Å². The Balaban J connectivity index is 2.11. The monoisotopic (exact) mass is 940 g/mol. The average molecular weight is 940 g/mol. The Kier molecular flexibility index (Phi) is 43.3. The Bertz CT molecular complexity index is 1110. The van der Waals surface area contributed by atoms with E-state index in [2.05, 4.69) is 19.2 Å². The molecule has 6 N–H and O–H groups in total. The number of amides is 1. The van der Waals surface area contributed by atoms with Crippen LogP contribution in [0.5, 0.6) is 0 Å². The van der Waals surface area contributed by atoms with Crippen molar-refractivity contribution in [1.82, 2.24) is 5.32 Å². The second-order valence-corrected chi connectivity index (χ2v) is 19.7. The van der Waals surface area contributed by atoms with Gasteiger partial charge in [-0.2, -0.15) is 0 Å². The molecule has 1 heterocycles. The standard InChI is InChI=1S/C55H105NO10/c1-3-5-7-9-11-13-21-25-29-33-37-41-48(58)47(46-65-55-54(63)53(62)52(61)49(45-57)66-55)56-50(59)42-38-34-30-26-23-19-17-15-16-18-20-24-28-32-36-40-44-64-51(60)43-39-35-31-27-22-14-12-10-8-6-4-2/h37,41,47-49,52-55,57-58,61-63H,3-36,38-40,42-46H2,1-2H3,(H,56,59)/b41-37+. The van der Waals surface area contributed by atoms with E-state index in [0.29, 0.717) is 19.4 Å². The van der Waals surface area contributed by atoms with Crippen LogP contribution in [0.3, 0.4) is 0 Å². The Labute approximate surface area is 404 Å². The van der Waals surface area contributed by atoms with Crippen LogP contribution in [-0.4, -0.2) is 100 Å². The van der Waals surface area contributed by atoms with Gasteiger partial charge < -0.3 is 45.1 Å². The molecule has 1 aliphatic rings. The number of ether oxygens (including phenoxy) is 3. The van der Waals surface area contributed by atoms with Crippen molar-refractivity contribution >= 4 is 11.9 Å². The second kappa shape index (κ2) is 45.8. The number of aliphatic hydroxyl groups is 5. The van der Waals surface area contributed by atoms with E-state index in [1.807, 2.05) is 6.08 Å². The van der Waals surface area contributed by atoms with E-state index in [4.69, 9.17) is 14.2 Å². The van der Waals surface area contributed by atoms with Crippen LogP contribution < -0.4 is 5.32 Å². The number of carbonyl (C=O) groups excluding carboxylic acids is 2. The van der Waals surface area contributed by atoms with E-state index in [-0.39, 0.29) is 18.5 Å². The van der Waals surface area contributed by atoms with Gasteiger partial charge in [0.25, 0.3) is 0 Å². The molecule has 0 saturated carbocycles. The molecular formula is C55H105NO10. The zero-order valence-corrected chi connectivity index (χ0v) is 42.7. The number of aliphatic hydroxyl groups excluding tert-OH is 5. The van der Waals surface area contributed by atoms with Crippen molar-refractivity contribution < 1.29 is 49.3 Å². The first-order chi connectivity index (χ1) is 32.2. The van der Waals surface area contributed by atoms with E-state index < -0.39 is 49.5 Å². The summed E-state index contributed by atoms with van der Waals surface area (Å²) in [6, 6.07) is -0.813. The van der Waals surface area contributed by atoms with Gasteiger partial charge in [-0.05, 0) is 32.1 Å². The normalized spacial score (nSPS) is 19.7. The van der Waals surface area contributed by atoms with Gasteiger partial charge in [0.2, 0.25) is 5.91 Å². The van der Waals surface area contributed by atoms with Crippen LogP contribution in [-0.2, 0) is 23.8 Å². The quantitative estimate of drug-likeness (QED) is 0.0196. The summed E-state index contributed by atoms with van der Waals surface area (Å²) in [6.07, 6.45) is 41.5. The molecule has 0 spiro atoms. The summed E-state index contributed by atoms with van der Waals surface area (Å²) < 4.78 is 16.7. The number of nitrogens with one attached hydrogen (secondary N) is 1. The second-order valence-electron chi connectivity index (χ2n) is 19.7. The molecule has 66 heavy (non-hydrogen) atoms. The highest BCUT2D eigenvalue weighted by Crippen LogP contribution is 2.23. The molecule has 0 aromatic rings. The van der Waals surface area contributed by atoms with Gasteiger partial charge >= 0.3 is 5.97 Å². The van der Waals surface area contributed by atoms with Crippen molar-refractivity contribution in [3.63, 3.8) is 0 Å². The maximum absolute atomic E-state index is 13.0. The van der Waals surface area contributed by atoms with E-state index >= 15 is 0 Å². The third-order valence-corrected chi connectivity index (χ3v) is 13.4. The maximum Gasteiger partial charge on any atom is 0.305 e. The van der Waals surface area contributed by atoms with Crippen LogP contribution in [0.25, 0.3) is 0 Å². The molecule has 1 fully saturated rings. The summed E-state index contributed by atoms with van der Waals surface area (Å²) in [4.78, 5) is 25.0. The molecule has 7 atom stereocenters. The number of unbranched alkanes of at least 4 members (excludes halogenated alkanes) is 34. The van der Waals surface area contributed by atoms with E-state index in [9.17, 15) is 35.1 Å². The molecule has 0 aromatic carbocycles. The molecule has 1 saturated heterocycles. The maximum atomic E-state index is 13.0. The molecule has 0 aliphatic carbocycles. The van der Waals surface area contributed by atoms with Crippen molar-refractivity contribution in [2.24, 2.45) is 0 Å². The van der Waals surface area contributed by atoms with Gasteiger partial charge in [-0.15, -0.1) is 0 Å². The molecule has 11 nitrogen and oxygen atoms in total. The lowest BCUT2D eigenvalue weighted by molar-refractivity contribution is -0.302. The van der Waals surface area contributed by atoms with E-state index in [1.165, 1.54) is 167 Å². The van der Waals surface area contributed by atoms with Crippen LogP contribution in [0, 0.1) is 0 Å². The SMILES string of the molecule is CCCCCCCCCCC/C=C/C(O)C(COC1OC(CO)C(O)C(O)C1O)NC(=O)CCCCCCCCCCCCCCCCCCOC(=O)CCCCCCCCCCCCC. The van der Waals surface area contributed by atoms with Gasteiger partial charge in [-0.3, -0.25) is 9.59 Å². The summed E-state index contributed by atoms with van der Waals surface area (Å²) in [5.74, 6) is -0.203. The molecule has 11 heteroatoms. The first-order valence-corrected chi connectivity index (χ1v) is 28.0. The van der Waals surface area contributed by atoms with Crippen molar-refractivity contribution in [3.8, 4) is 0 Å². The van der Waals surface area contributed by atoms with Crippen molar-refractivity contribution in [2.45, 2.75) is 307 Å². The third-order valence-electron chi connectivity index (χ3n) is 13.4. The summed E-state index contributed by atoms with van der Waals surface area (Å²) >= 11 is 0. The lowest BCUT2D eigenvalue weighted by Crippen LogP contribution is -2.60. The fourth-order valence-corrected chi connectivity index (χ4v) is 8.91. The molecule has 1 rings (SSSR count). The molecule has 0 bridgehead atoms. The number of hydrogen-bond acceptors (Lipinski definition) is 10. The zero-order chi connectivity index (χ0) is 48.1. The Hall–Kier alpha value is -1.60. The number of esters is 1. The third kappa shape index (κ3) is 35.5. The van der Waals surface area contributed by atoms with Crippen molar-refractivity contribution in [2.75, 3.05) is 19.8 Å². The Morgan fingerprint density at radius 2 is 0.955 bits per heavy atom. The van der Waals surface area contributed by atoms with Gasteiger partial charge in [0, 0.05) is 12.8 Å². The molecule has 0 radical (unpaired) electrons. The number of rotatable bonds is 48. The van der Waals surface area contributed by atoms with Gasteiger partial charge in [0.1, 0.15) is 24.4 Å². The minimum Gasteiger partial charge on any atom is -0.466 e. The minimum atomic E-state index is -1.57. The first-order valence-electron chi connectivity index (χ1n) is 28.0. The highest BCUT2D eigenvalue weighted by Gasteiger charge is 2.44. The van der Waals surface area contributed by atoms with Crippen LogP contribution in [0.1, 0.15) is 264 Å². The highest BCUT2D eigenvalue weighted by molar-refractivity contribution is 5.76. The lowest BCUT2D eigenvalue weighted by Gasteiger charge is -2.40. The average Bonchev–Trinajstić information content (AvgIpc) is 3.31. The molecule has 390 valence electrons. The van der Waals surface area contributed by atoms with Crippen molar-refractivity contribution in [1.29, 1.82) is 0 Å². The zero-order valence-electron chi connectivity index (χ0n) is 42.7. The predicted molar refractivity (Wildman–Crippen MR) is 269 cm³/mol. The van der Waals surface area contributed by atoms with Crippen LogP contribution >= 0.6 is 0 Å². The highest BCUT2D eigenvalue weighted by atomic mass is 16.7. The van der Waals surface area contributed by atoms with Gasteiger partial charge in [-0.25, -0.2) is 0 Å². The number of carbonyl (C=O) groups is 2. The number of allylic oxidation sites excluding steroid dienone is 1. The van der Waals surface area contributed by atoms with Gasteiger partial charge in [0.15, 0.2) is 6.29 Å². The van der Waals surface area contributed by atoms with E-state index in [0.717, 1.165) is 70.6 Å². The van der Waals surface area contributed by atoms with Crippen LogP contribution in [0.15, 0.2) is 12.2 Å². The smallest absolute Gasteiger partial charge is 0.305 e. The summed E-state index contributed by atoms with van der Waals surface area (Å²) in [7, 11) is 0. The minimum absolute atomic E-state index is 0.0149. The number of hydrogen-bond donors (Lipinski definition) is 6. The molecule has 0 aromatic heterocycles.